The van der Waals surface area contributed by atoms with Crippen molar-refractivity contribution in [2.45, 2.75) is 38.5 Å². The van der Waals surface area contributed by atoms with Crippen molar-refractivity contribution in [2.75, 3.05) is 39.3 Å². The summed E-state index contributed by atoms with van der Waals surface area (Å²) in [5, 5.41) is 28.7. The fourth-order valence-electron chi connectivity index (χ4n) is 1.93. The third-order valence-electron chi connectivity index (χ3n) is 3.32. The maximum absolute atomic E-state index is 11.3. The topological polar surface area (TPSA) is 157 Å². The van der Waals surface area contributed by atoms with Crippen LogP contribution in [0, 0.1) is 0 Å². The molecule has 10 heteroatoms. The average molecular weight is 374 g/mol. The second kappa shape index (κ2) is 16.3. The first-order valence-corrected chi connectivity index (χ1v) is 8.80. The second-order valence-electron chi connectivity index (χ2n) is 5.69. The van der Waals surface area contributed by atoms with E-state index in [0.717, 1.165) is 39.0 Å². The molecule has 0 aromatic heterocycles. The van der Waals surface area contributed by atoms with Crippen molar-refractivity contribution in [1.82, 2.24) is 21.3 Å². The lowest BCUT2D eigenvalue weighted by Gasteiger charge is -2.08. The van der Waals surface area contributed by atoms with Crippen LogP contribution in [0.15, 0.2) is 0 Å². The molecule has 150 valence electrons. The number of carbonyl (C=O) groups is 4. The van der Waals surface area contributed by atoms with Crippen molar-refractivity contribution in [2.24, 2.45) is 0 Å². The molecule has 0 aromatic carbocycles. The van der Waals surface area contributed by atoms with Crippen LogP contribution in [0.2, 0.25) is 0 Å². The molecule has 0 saturated carbocycles. The highest BCUT2D eigenvalue weighted by Crippen LogP contribution is 1.89. The van der Waals surface area contributed by atoms with Gasteiger partial charge in [0.15, 0.2) is 0 Å². The van der Waals surface area contributed by atoms with Gasteiger partial charge in [0.25, 0.3) is 0 Å². The first-order valence-electron chi connectivity index (χ1n) is 8.80. The van der Waals surface area contributed by atoms with Gasteiger partial charge in [-0.15, -0.1) is 0 Å². The Morgan fingerprint density at radius 2 is 0.923 bits per heavy atom. The van der Waals surface area contributed by atoms with E-state index in [2.05, 4.69) is 21.3 Å². The lowest BCUT2D eigenvalue weighted by atomic mass is 10.3. The molecule has 6 N–H and O–H groups in total. The Labute approximate surface area is 153 Å². The Morgan fingerprint density at radius 3 is 1.27 bits per heavy atom. The first-order chi connectivity index (χ1) is 12.4. The van der Waals surface area contributed by atoms with Crippen LogP contribution in [-0.4, -0.2) is 73.2 Å². The van der Waals surface area contributed by atoms with Gasteiger partial charge in [0.2, 0.25) is 11.8 Å². The van der Waals surface area contributed by atoms with E-state index in [4.69, 9.17) is 10.2 Å². The van der Waals surface area contributed by atoms with Gasteiger partial charge in [0.05, 0.1) is 12.8 Å². The number of amides is 2. The monoisotopic (exact) mass is 374 g/mol. The summed E-state index contributed by atoms with van der Waals surface area (Å²) in [6, 6.07) is 0. The van der Waals surface area contributed by atoms with Crippen molar-refractivity contribution < 1.29 is 29.4 Å². The molecule has 0 spiro atoms. The molecule has 0 atom stereocenters. The molecule has 0 aliphatic carbocycles. The Bertz CT molecular complexity index is 404. The lowest BCUT2D eigenvalue weighted by Crippen LogP contribution is -2.32. The van der Waals surface area contributed by atoms with Crippen molar-refractivity contribution >= 4 is 23.8 Å². The van der Waals surface area contributed by atoms with Gasteiger partial charge >= 0.3 is 11.9 Å². The molecule has 0 bridgehead atoms. The Balaban J connectivity index is 3.24. The zero-order valence-electron chi connectivity index (χ0n) is 15.0. The van der Waals surface area contributed by atoms with E-state index < -0.39 is 11.9 Å². The molecular weight excluding hydrogens is 344 g/mol. The summed E-state index contributed by atoms with van der Waals surface area (Å²) in [7, 11) is 0. The fourth-order valence-corrected chi connectivity index (χ4v) is 1.93. The number of aliphatic carboxylic acids is 2. The van der Waals surface area contributed by atoms with Gasteiger partial charge in [-0.3, -0.25) is 19.2 Å². The molecule has 26 heavy (non-hydrogen) atoms. The van der Waals surface area contributed by atoms with Crippen LogP contribution in [0.4, 0.5) is 0 Å². The van der Waals surface area contributed by atoms with Gasteiger partial charge in [0.1, 0.15) is 0 Å². The second-order valence-corrected chi connectivity index (χ2v) is 5.69. The standard InChI is InChI=1S/C16H30N4O6/c21-13(3-5-15(23)24)19-9-1-7-17-11-12-18-8-2-10-20-14(22)4-6-16(25)26/h17-18H,1-12H2,(H,19,21)(H,20,22)(H,23,24)(H,25,26). The van der Waals surface area contributed by atoms with Gasteiger partial charge in [0, 0.05) is 39.0 Å². The summed E-state index contributed by atoms with van der Waals surface area (Å²) in [6.07, 6.45) is 1.24. The van der Waals surface area contributed by atoms with E-state index in [1.54, 1.807) is 0 Å². The summed E-state index contributed by atoms with van der Waals surface area (Å²) in [4.78, 5) is 43.1. The van der Waals surface area contributed by atoms with E-state index in [-0.39, 0.29) is 37.5 Å². The maximum atomic E-state index is 11.3. The molecule has 2 amide bonds. The molecule has 0 saturated heterocycles. The predicted octanol–water partition coefficient (Wildman–Crippen LogP) is -1.09. The Hall–Kier alpha value is -2.20. The molecule has 0 aliphatic rings. The highest BCUT2D eigenvalue weighted by atomic mass is 16.4. The van der Waals surface area contributed by atoms with Crippen LogP contribution >= 0.6 is 0 Å². The van der Waals surface area contributed by atoms with Crippen LogP contribution in [0.25, 0.3) is 0 Å². The van der Waals surface area contributed by atoms with Crippen molar-refractivity contribution in [3.8, 4) is 0 Å². The maximum Gasteiger partial charge on any atom is 0.303 e. The number of hydrogen-bond acceptors (Lipinski definition) is 6. The quantitative estimate of drug-likeness (QED) is 0.175. The number of carbonyl (C=O) groups excluding carboxylic acids is 2. The largest absolute Gasteiger partial charge is 0.481 e. The lowest BCUT2D eigenvalue weighted by molar-refractivity contribution is -0.139. The van der Waals surface area contributed by atoms with E-state index in [1.165, 1.54) is 0 Å². The molecule has 0 unspecified atom stereocenters. The number of nitrogens with one attached hydrogen (secondary N) is 4. The van der Waals surface area contributed by atoms with Gasteiger partial charge in [-0.05, 0) is 25.9 Å². The Kier molecular flexibility index (Phi) is 14.9. The van der Waals surface area contributed by atoms with Crippen LogP contribution in [-0.2, 0) is 19.2 Å². The molecule has 0 heterocycles. The first kappa shape index (κ1) is 23.8. The molecule has 0 rings (SSSR count). The van der Waals surface area contributed by atoms with E-state index in [1.807, 2.05) is 0 Å². The highest BCUT2D eigenvalue weighted by Gasteiger charge is 2.04. The van der Waals surface area contributed by atoms with E-state index >= 15 is 0 Å². The zero-order valence-corrected chi connectivity index (χ0v) is 15.0. The number of carboxylic acid groups (broad SMARTS) is 2. The van der Waals surface area contributed by atoms with Gasteiger partial charge in [-0.2, -0.15) is 0 Å². The molecule has 0 radical (unpaired) electrons. The third kappa shape index (κ3) is 18.1. The molecular formula is C16H30N4O6. The molecule has 0 fully saturated rings. The van der Waals surface area contributed by atoms with Crippen LogP contribution < -0.4 is 21.3 Å². The summed E-state index contributed by atoms with van der Waals surface area (Å²) in [6.45, 7) is 4.08. The minimum Gasteiger partial charge on any atom is -0.481 e. The van der Waals surface area contributed by atoms with E-state index in [0.29, 0.717) is 13.1 Å². The summed E-state index contributed by atoms with van der Waals surface area (Å²) < 4.78 is 0. The van der Waals surface area contributed by atoms with Gasteiger partial charge in [-0.1, -0.05) is 0 Å². The SMILES string of the molecule is O=C(O)CCC(=O)NCCCNCCNCCCNC(=O)CCC(=O)O. The molecule has 0 aromatic rings. The van der Waals surface area contributed by atoms with Crippen molar-refractivity contribution in [1.29, 1.82) is 0 Å². The van der Waals surface area contributed by atoms with Crippen LogP contribution in [0.1, 0.15) is 38.5 Å². The van der Waals surface area contributed by atoms with Crippen LogP contribution in [0.5, 0.6) is 0 Å². The highest BCUT2D eigenvalue weighted by molar-refractivity contribution is 5.81. The summed E-state index contributed by atoms with van der Waals surface area (Å²) in [5.41, 5.74) is 0. The van der Waals surface area contributed by atoms with Crippen molar-refractivity contribution in [3.05, 3.63) is 0 Å². The third-order valence-corrected chi connectivity index (χ3v) is 3.32. The Morgan fingerprint density at radius 1 is 0.538 bits per heavy atom. The minimum atomic E-state index is -0.977. The van der Waals surface area contributed by atoms with Crippen molar-refractivity contribution in [3.63, 3.8) is 0 Å². The van der Waals surface area contributed by atoms with Crippen LogP contribution in [0.3, 0.4) is 0 Å². The van der Waals surface area contributed by atoms with Gasteiger partial charge < -0.3 is 31.5 Å². The molecule has 10 nitrogen and oxygen atoms in total. The van der Waals surface area contributed by atoms with Gasteiger partial charge in [-0.25, -0.2) is 0 Å². The smallest absolute Gasteiger partial charge is 0.303 e. The molecule has 0 aliphatic heterocycles. The fraction of sp³-hybridized carbons (Fsp3) is 0.750. The van der Waals surface area contributed by atoms with E-state index in [9.17, 15) is 19.2 Å². The summed E-state index contributed by atoms with van der Waals surface area (Å²) >= 11 is 0. The normalized spacial score (nSPS) is 10.3. The number of carboxylic acids is 2. The average Bonchev–Trinajstić information content (AvgIpc) is 2.59. The number of hydrogen-bond donors (Lipinski definition) is 6. The predicted molar refractivity (Wildman–Crippen MR) is 94.7 cm³/mol. The minimum absolute atomic E-state index is 0.00664. The zero-order chi connectivity index (χ0) is 19.6. The summed E-state index contributed by atoms with van der Waals surface area (Å²) in [5.74, 6) is -2.45. The number of rotatable bonds is 17.